The molecule has 22 nitrogen and oxygen atoms in total. The van der Waals surface area contributed by atoms with E-state index < -0.39 is 106 Å². The van der Waals surface area contributed by atoms with Crippen LogP contribution < -0.4 is 11.1 Å². The van der Waals surface area contributed by atoms with Gasteiger partial charge in [0.2, 0.25) is 5.79 Å². The lowest BCUT2D eigenvalue weighted by atomic mass is 9.85. The number of phosphoric ester groups is 1. The van der Waals surface area contributed by atoms with Crippen molar-refractivity contribution in [2.45, 2.75) is 83.3 Å². The molecule has 1 aliphatic carbocycles. The van der Waals surface area contributed by atoms with E-state index in [1.165, 1.54) is 6.33 Å². The number of fused-ring (bicyclic) bond motifs is 2. The van der Waals surface area contributed by atoms with E-state index in [1.54, 1.807) is 7.05 Å². The molecule has 8 unspecified atom stereocenters. The maximum Gasteiger partial charge on any atom is 0.481 e. The van der Waals surface area contributed by atoms with Crippen LogP contribution >= 0.6 is 26.1 Å². The minimum atomic E-state index is -5.46. The number of rotatable bonds is 15. The molecule has 2 saturated heterocycles. The molecule has 0 spiro atoms. The van der Waals surface area contributed by atoms with Crippen molar-refractivity contribution >= 4 is 78.6 Å². The number of aromatic nitrogens is 3. The number of hydrogen-bond acceptors (Lipinski definition) is 22. The number of nitrogens with one attached hydrogen (secondary N) is 1. The van der Waals surface area contributed by atoms with Gasteiger partial charge in [0, 0.05) is 39.7 Å². The highest BCUT2D eigenvalue weighted by atomic mass is 32.5. The monoisotopic (exact) mass is 843 g/mol. The van der Waals surface area contributed by atoms with Crippen LogP contribution in [0.15, 0.2) is 6.33 Å². The topological polar surface area (TPSA) is 306 Å². The number of likely N-dealkylation sites (N-methyl/N-ethyl adjacent to an activating group) is 1. The van der Waals surface area contributed by atoms with Crippen LogP contribution in [0.2, 0.25) is 0 Å². The zero-order valence-corrected chi connectivity index (χ0v) is 32.9. The predicted molar refractivity (Wildman–Crippen MR) is 184 cm³/mol. The number of anilines is 1. The second kappa shape index (κ2) is 16.3. The second-order valence-corrected chi connectivity index (χ2v) is 17.7. The minimum absolute atomic E-state index is 0.202. The van der Waals surface area contributed by atoms with E-state index >= 15 is 0 Å². The highest BCUT2D eigenvalue weighted by Crippen LogP contribution is 2.66. The summed E-state index contributed by atoms with van der Waals surface area (Å²) in [6.07, 6.45) is -7.05. The molecule has 3 fully saturated rings. The van der Waals surface area contributed by atoms with Crippen molar-refractivity contribution in [2.75, 3.05) is 26.0 Å². The van der Waals surface area contributed by atoms with Gasteiger partial charge in [-0.2, -0.15) is 4.37 Å². The number of nitrogens with two attached hydrogens (primary N) is 1. The fourth-order valence-electron chi connectivity index (χ4n) is 6.98. The first-order valence-electron chi connectivity index (χ1n) is 16.1. The van der Waals surface area contributed by atoms with Crippen molar-refractivity contribution in [3.63, 3.8) is 0 Å². The summed E-state index contributed by atoms with van der Waals surface area (Å²) in [6, 6.07) is -0.382. The molecule has 26 heteroatoms. The summed E-state index contributed by atoms with van der Waals surface area (Å²) in [5.74, 6) is -9.15. The summed E-state index contributed by atoms with van der Waals surface area (Å²) in [6.45, 7) is 0.237. The zero-order chi connectivity index (χ0) is 39.9. The SMILES string of the molecule is CN[C@H]1[C@H](C)[C@H](c2snc3c(N)ncnc23)O[C@@H]1COP(O)(=S)OP(=O)(O)OC1OC2(OC(C)=O)C1C(OC(C)=O)C(O)C2[C@H](COC(C)=O)OC(C)=O. The van der Waals surface area contributed by atoms with Gasteiger partial charge in [-0.25, -0.2) is 18.8 Å². The first-order chi connectivity index (χ1) is 25.2. The molecule has 300 valence electrons. The van der Waals surface area contributed by atoms with E-state index in [9.17, 15) is 38.6 Å². The fourth-order valence-corrected chi connectivity index (χ4v) is 11.1. The molecule has 3 aliphatic rings. The average molecular weight is 844 g/mol. The van der Waals surface area contributed by atoms with E-state index in [-0.39, 0.29) is 17.8 Å². The Morgan fingerprint density at radius 3 is 2.43 bits per heavy atom. The van der Waals surface area contributed by atoms with Gasteiger partial charge in [-0.1, -0.05) is 6.92 Å². The summed E-state index contributed by atoms with van der Waals surface area (Å²) >= 11 is 6.16. The Morgan fingerprint density at radius 2 is 1.81 bits per heavy atom. The van der Waals surface area contributed by atoms with E-state index in [0.717, 1.165) is 39.2 Å². The molecule has 6 N–H and O–H groups in total. The Bertz CT molecular complexity index is 1870. The van der Waals surface area contributed by atoms with Gasteiger partial charge in [-0.3, -0.25) is 23.7 Å². The molecule has 2 aromatic rings. The Morgan fingerprint density at radius 1 is 1.11 bits per heavy atom. The van der Waals surface area contributed by atoms with Crippen molar-refractivity contribution in [3.05, 3.63) is 11.2 Å². The highest BCUT2D eigenvalue weighted by molar-refractivity contribution is 8.08. The molecule has 0 radical (unpaired) electrons. The molecular weight excluding hydrogens is 804 g/mol. The van der Waals surface area contributed by atoms with Crippen LogP contribution in [0.3, 0.4) is 0 Å². The summed E-state index contributed by atoms with van der Waals surface area (Å²) in [4.78, 5) is 78.6. The van der Waals surface area contributed by atoms with Crippen LogP contribution in [0.1, 0.15) is 45.6 Å². The molecule has 54 heavy (non-hydrogen) atoms. The number of carbonyl (C=O) groups excluding carboxylic acids is 4. The molecule has 0 bridgehead atoms. The number of aliphatic hydroxyl groups excluding tert-OH is 1. The summed E-state index contributed by atoms with van der Waals surface area (Å²) in [5.41, 5.74) is 6.86. The predicted octanol–water partition coefficient (Wildman–Crippen LogP) is 0.349. The van der Waals surface area contributed by atoms with Crippen molar-refractivity contribution in [2.24, 2.45) is 17.8 Å². The normalized spacial score (nSPS) is 33.1. The first kappa shape index (κ1) is 42.3. The lowest BCUT2D eigenvalue weighted by Crippen LogP contribution is -2.67. The van der Waals surface area contributed by atoms with Crippen molar-refractivity contribution in [3.8, 4) is 0 Å². The van der Waals surface area contributed by atoms with Crippen LogP contribution in [-0.2, 0) is 77.3 Å². The molecule has 13 atom stereocenters. The van der Waals surface area contributed by atoms with Gasteiger partial charge in [-0.05, 0) is 30.4 Å². The highest BCUT2D eigenvalue weighted by Gasteiger charge is 2.78. The molecule has 2 aliphatic heterocycles. The molecule has 5 rings (SSSR count). The van der Waals surface area contributed by atoms with Crippen LogP contribution in [0, 0.1) is 17.8 Å². The molecule has 0 amide bonds. The number of esters is 4. The van der Waals surface area contributed by atoms with Crippen molar-refractivity contribution in [1.29, 1.82) is 0 Å². The first-order valence-corrected chi connectivity index (χ1v) is 21.0. The van der Waals surface area contributed by atoms with Crippen LogP contribution in [0.4, 0.5) is 5.82 Å². The Balaban J connectivity index is 1.31. The second-order valence-electron chi connectivity index (χ2n) is 12.6. The summed E-state index contributed by atoms with van der Waals surface area (Å²) in [7, 11) is -3.78. The molecule has 1 saturated carbocycles. The summed E-state index contributed by atoms with van der Waals surface area (Å²) < 4.78 is 66.1. The third kappa shape index (κ3) is 8.75. The van der Waals surface area contributed by atoms with E-state index in [4.69, 9.17) is 59.3 Å². The largest absolute Gasteiger partial charge is 0.481 e. The van der Waals surface area contributed by atoms with Crippen molar-refractivity contribution < 1.29 is 80.4 Å². The molecule has 2 aromatic heterocycles. The van der Waals surface area contributed by atoms with Gasteiger partial charge in [0.05, 0.1) is 23.5 Å². The number of phosphoric acid groups is 1. The quantitative estimate of drug-likeness (QED) is 0.0917. The molecule has 0 aromatic carbocycles. The number of nitrogens with zero attached hydrogens (tertiary/aromatic N) is 3. The van der Waals surface area contributed by atoms with E-state index in [2.05, 4.69) is 19.7 Å². The van der Waals surface area contributed by atoms with Gasteiger partial charge in [0.15, 0.2) is 12.1 Å². The average Bonchev–Trinajstić information content (AvgIpc) is 3.65. The smallest absolute Gasteiger partial charge is 0.462 e. The minimum Gasteiger partial charge on any atom is -0.462 e. The third-order valence-corrected chi connectivity index (χ3v) is 13.3. The summed E-state index contributed by atoms with van der Waals surface area (Å²) in [5, 5.41) is 14.5. The number of aliphatic hydroxyl groups is 1. The zero-order valence-electron chi connectivity index (χ0n) is 29.5. The lowest BCUT2D eigenvalue weighted by molar-refractivity contribution is -0.426. The third-order valence-electron chi connectivity index (χ3n) is 8.88. The fraction of sp³-hybridized carbons (Fsp3) is 0.679. The maximum absolute atomic E-state index is 13.3. The number of carbonyl (C=O) groups is 4. The van der Waals surface area contributed by atoms with Crippen LogP contribution in [0.5, 0.6) is 0 Å². The maximum atomic E-state index is 13.3. The Hall–Kier alpha value is -2.83. The van der Waals surface area contributed by atoms with E-state index in [0.29, 0.717) is 15.9 Å². The van der Waals surface area contributed by atoms with Gasteiger partial charge in [0.25, 0.3) is 0 Å². The lowest BCUT2D eigenvalue weighted by Gasteiger charge is -2.52. The number of nitrogen functional groups attached to an aromatic ring is 1. The standard InChI is InChI=1S/C28H39N5O17P2S2/c1-10-19(30-6)16(46-23(10)25-20-21(33-54-25)26(29)32-9-31-20)8-43-52(41,53)50-51(39,40)49-27-18-24(45-13(4)36)22(38)17(28(18,48-27)47-14(5)37)15(44-12(3)35)7-42-11(2)34/h9-10,15-19,22-24,27,30,38H,7-8H2,1-6H3,(H,39,40)(H,41,53)(H2,29,31,32)/t10-,15-,16+,17?,18?,19-,22?,23+,24?,27?,28?,52?/m0/s1. The van der Waals surface area contributed by atoms with Gasteiger partial charge < -0.3 is 58.9 Å². The van der Waals surface area contributed by atoms with Gasteiger partial charge in [-0.15, -0.1) is 0 Å². The van der Waals surface area contributed by atoms with Crippen molar-refractivity contribution in [1.82, 2.24) is 19.7 Å². The number of hydrogen-bond donors (Lipinski definition) is 5. The Labute approximate surface area is 316 Å². The van der Waals surface area contributed by atoms with Gasteiger partial charge >= 0.3 is 38.4 Å². The van der Waals surface area contributed by atoms with Crippen LogP contribution in [0.25, 0.3) is 11.0 Å². The molecular formula is C28H39N5O17P2S2. The molecule has 4 heterocycles. The van der Waals surface area contributed by atoms with Gasteiger partial charge in [0.1, 0.15) is 54.3 Å². The number of ether oxygens (including phenoxy) is 6. The Kier molecular flexibility index (Phi) is 12.8. The van der Waals surface area contributed by atoms with E-state index in [1.807, 2.05) is 6.92 Å². The van der Waals surface area contributed by atoms with Crippen LogP contribution in [-0.4, -0.2) is 116 Å².